The van der Waals surface area contributed by atoms with E-state index in [2.05, 4.69) is 0 Å². The molecule has 0 aromatic rings. The van der Waals surface area contributed by atoms with E-state index in [0.29, 0.717) is 0 Å². The largest absolute Gasteiger partial charge is 0.341 e. The number of unbranched alkanes of at least 4 members (excludes halogenated alkanes) is 6. The van der Waals surface area contributed by atoms with Crippen LogP contribution in [0.15, 0.2) is 12.2 Å². The minimum absolute atomic E-state index is 0.773. The summed E-state index contributed by atoms with van der Waals surface area (Å²) in [6.07, 6.45) is 13.0. The Morgan fingerprint density at radius 3 is 2.06 bits per heavy atom. The van der Waals surface area contributed by atoms with E-state index in [9.17, 15) is 4.79 Å². The maximum Gasteiger partial charge on any atom is 0.341 e. The molecular weight excluding hydrogens is 283 g/mol. The topological polar surface area (TPSA) is 17.1 Å². The zero-order chi connectivity index (χ0) is 12.3. The number of rotatable bonds is 10. The fraction of sp³-hybridized carbons (Fsp3) is 0.727. The van der Waals surface area contributed by atoms with Crippen molar-refractivity contribution in [3.8, 4) is 0 Å². The van der Waals surface area contributed by atoms with Crippen LogP contribution in [0.1, 0.15) is 44.9 Å². The van der Waals surface area contributed by atoms with Gasteiger partial charge in [0.05, 0.1) is 0 Å². The third-order valence-corrected chi connectivity index (χ3v) is 4.89. The van der Waals surface area contributed by atoms with Crippen LogP contribution in [0.25, 0.3) is 0 Å². The Balaban J connectivity index is 3.10. The minimum atomic E-state index is -2.38. The molecule has 0 aliphatic rings. The van der Waals surface area contributed by atoms with E-state index in [1.54, 1.807) is 6.29 Å². The molecule has 16 heavy (non-hydrogen) atoms. The van der Waals surface area contributed by atoms with Crippen LogP contribution in [0.3, 0.4) is 0 Å². The lowest BCUT2D eigenvalue weighted by molar-refractivity contribution is 0.564. The summed E-state index contributed by atoms with van der Waals surface area (Å²) in [5, 5.41) is 0. The van der Waals surface area contributed by atoms with Crippen molar-refractivity contribution in [2.45, 2.75) is 51.0 Å². The predicted molar refractivity (Wildman–Crippen MR) is 75.3 cm³/mol. The summed E-state index contributed by atoms with van der Waals surface area (Å²) in [6, 6.07) is -1.60. The van der Waals surface area contributed by atoms with Gasteiger partial charge in [-0.2, -0.15) is 0 Å². The second kappa shape index (κ2) is 10.6. The van der Waals surface area contributed by atoms with Gasteiger partial charge in [-0.1, -0.05) is 38.2 Å². The van der Waals surface area contributed by atoms with Crippen LogP contribution in [-0.4, -0.2) is 12.3 Å². The molecule has 0 aliphatic heterocycles. The van der Waals surface area contributed by atoms with Crippen LogP contribution in [0.5, 0.6) is 0 Å². The molecule has 1 nitrogen and oxygen atoms in total. The summed E-state index contributed by atoms with van der Waals surface area (Å²) in [6.45, 7) is 0. The summed E-state index contributed by atoms with van der Waals surface area (Å²) in [5.74, 6) is 0. The molecule has 0 aromatic carbocycles. The summed E-state index contributed by atoms with van der Waals surface area (Å²) >= 11 is 17.3. The third-order valence-electron chi connectivity index (χ3n) is 2.27. The van der Waals surface area contributed by atoms with E-state index in [4.69, 9.17) is 33.2 Å². The summed E-state index contributed by atoms with van der Waals surface area (Å²) < 4.78 is 0. The smallest absolute Gasteiger partial charge is 0.286 e. The molecular formula is C11H18Cl3OSi. The van der Waals surface area contributed by atoms with Crippen LogP contribution in [0.2, 0.25) is 6.04 Å². The van der Waals surface area contributed by atoms with Crippen molar-refractivity contribution in [2.75, 3.05) is 0 Å². The van der Waals surface area contributed by atoms with Gasteiger partial charge in [0, 0.05) is 0 Å². The molecule has 5 heteroatoms. The average Bonchev–Trinajstić information content (AvgIpc) is 2.19. The molecule has 0 bridgehead atoms. The van der Waals surface area contributed by atoms with E-state index in [-0.39, 0.29) is 0 Å². The van der Waals surface area contributed by atoms with Gasteiger partial charge in [0.15, 0.2) is 0 Å². The molecule has 93 valence electrons. The fourth-order valence-corrected chi connectivity index (χ4v) is 3.28. The van der Waals surface area contributed by atoms with Gasteiger partial charge >= 0.3 is 6.00 Å². The first kappa shape index (κ1) is 16.5. The van der Waals surface area contributed by atoms with Crippen molar-refractivity contribution in [2.24, 2.45) is 0 Å². The van der Waals surface area contributed by atoms with Crippen molar-refractivity contribution in [3.05, 3.63) is 12.2 Å². The van der Waals surface area contributed by atoms with E-state index in [1.165, 1.54) is 25.3 Å². The maximum atomic E-state index is 9.85. The SMILES string of the molecule is O=[C]C=CCCCCCCCC[Si](Cl)(Cl)Cl. The number of allylic oxidation sites excluding steroid dienone is 2. The molecule has 0 unspecified atom stereocenters. The van der Waals surface area contributed by atoms with Gasteiger partial charge < -0.3 is 0 Å². The molecule has 1 radical (unpaired) electrons. The van der Waals surface area contributed by atoms with E-state index in [0.717, 1.165) is 31.7 Å². The van der Waals surface area contributed by atoms with Crippen molar-refractivity contribution in [3.63, 3.8) is 0 Å². The monoisotopic (exact) mass is 299 g/mol. The zero-order valence-corrected chi connectivity index (χ0v) is 12.6. The van der Waals surface area contributed by atoms with Gasteiger partial charge in [0.2, 0.25) is 6.29 Å². The van der Waals surface area contributed by atoms with E-state index < -0.39 is 6.00 Å². The fourth-order valence-electron chi connectivity index (χ4n) is 1.43. The summed E-state index contributed by atoms with van der Waals surface area (Å²) in [4.78, 5) is 9.85. The van der Waals surface area contributed by atoms with Crippen molar-refractivity contribution >= 4 is 45.5 Å². The van der Waals surface area contributed by atoms with Crippen LogP contribution in [0, 0.1) is 0 Å². The first-order valence-electron chi connectivity index (χ1n) is 5.65. The predicted octanol–water partition coefficient (Wildman–Crippen LogP) is 5.04. The van der Waals surface area contributed by atoms with Crippen LogP contribution in [-0.2, 0) is 4.79 Å². The molecule has 0 heterocycles. The summed E-state index contributed by atoms with van der Waals surface area (Å²) in [7, 11) is 0. The molecule has 0 rings (SSSR count). The molecule has 0 amide bonds. The Morgan fingerprint density at radius 1 is 0.938 bits per heavy atom. The maximum absolute atomic E-state index is 9.85. The standard InChI is InChI=1S/C11H18Cl3OSi/c12-16(13,14)11-9-7-5-3-1-2-4-6-8-10-15/h6,8H,1-5,7,9,11H2. The molecule has 0 aliphatic carbocycles. The van der Waals surface area contributed by atoms with Gasteiger partial charge in [-0.05, 0) is 25.0 Å². The lowest BCUT2D eigenvalue weighted by atomic mass is 10.1. The summed E-state index contributed by atoms with van der Waals surface area (Å²) in [5.41, 5.74) is 0. The van der Waals surface area contributed by atoms with E-state index in [1.807, 2.05) is 6.08 Å². The highest BCUT2D eigenvalue weighted by Gasteiger charge is 2.23. The van der Waals surface area contributed by atoms with E-state index >= 15 is 0 Å². The Morgan fingerprint density at radius 2 is 1.50 bits per heavy atom. The van der Waals surface area contributed by atoms with Crippen molar-refractivity contribution in [1.82, 2.24) is 0 Å². The third kappa shape index (κ3) is 14.5. The molecule has 0 aromatic heterocycles. The minimum Gasteiger partial charge on any atom is -0.286 e. The average molecular weight is 301 g/mol. The molecule has 0 N–H and O–H groups in total. The number of halogens is 3. The molecule has 0 spiro atoms. The lowest BCUT2D eigenvalue weighted by Gasteiger charge is -2.06. The Labute approximate surface area is 113 Å². The number of hydrogen-bond acceptors (Lipinski definition) is 1. The Hall–Kier alpha value is 0.497. The first-order chi connectivity index (χ1) is 7.56. The van der Waals surface area contributed by atoms with Crippen LogP contribution >= 0.6 is 33.2 Å². The van der Waals surface area contributed by atoms with Crippen LogP contribution < -0.4 is 0 Å². The van der Waals surface area contributed by atoms with Gasteiger partial charge in [-0.15, -0.1) is 33.2 Å². The second-order valence-corrected chi connectivity index (χ2v) is 13.1. The van der Waals surface area contributed by atoms with Gasteiger partial charge in [0.25, 0.3) is 0 Å². The second-order valence-electron chi connectivity index (χ2n) is 3.80. The highest BCUT2D eigenvalue weighted by Crippen LogP contribution is 2.27. The highest BCUT2D eigenvalue weighted by molar-refractivity contribution is 7.64. The van der Waals surface area contributed by atoms with Crippen molar-refractivity contribution in [1.29, 1.82) is 0 Å². The molecule has 0 saturated carbocycles. The van der Waals surface area contributed by atoms with Crippen molar-refractivity contribution < 1.29 is 4.79 Å². The van der Waals surface area contributed by atoms with Crippen LogP contribution in [0.4, 0.5) is 0 Å². The number of hydrogen-bond donors (Lipinski definition) is 0. The normalized spacial score (nSPS) is 12.2. The quantitative estimate of drug-likeness (QED) is 0.239. The first-order valence-corrected chi connectivity index (χ1v) is 10.9. The van der Waals surface area contributed by atoms with Gasteiger partial charge in [-0.25, -0.2) is 0 Å². The van der Waals surface area contributed by atoms with Gasteiger partial charge in [-0.3, -0.25) is 4.79 Å². The lowest BCUT2D eigenvalue weighted by Crippen LogP contribution is -2.07. The zero-order valence-electron chi connectivity index (χ0n) is 9.35. The highest BCUT2D eigenvalue weighted by atomic mass is 35.8. The number of carbonyl (C=O) groups excluding carboxylic acids is 1. The van der Waals surface area contributed by atoms with Gasteiger partial charge in [0.1, 0.15) is 0 Å². The molecule has 0 saturated heterocycles. The Bertz CT molecular complexity index is 202. The molecule has 0 fully saturated rings. The molecule has 0 atom stereocenters. The Kier molecular flexibility index (Phi) is 11.0.